The Hall–Kier alpha value is -6.75. The van der Waals surface area contributed by atoms with E-state index in [9.17, 15) is 0 Å². The summed E-state index contributed by atoms with van der Waals surface area (Å²) in [6.07, 6.45) is 18.9. The van der Waals surface area contributed by atoms with Crippen LogP contribution in [0.2, 0.25) is 0 Å². The fourth-order valence-corrected chi connectivity index (χ4v) is 9.68. The first-order valence-corrected chi connectivity index (χ1v) is 20.1. The van der Waals surface area contributed by atoms with Crippen LogP contribution in [0.15, 0.2) is 191 Å². The van der Waals surface area contributed by atoms with E-state index < -0.39 is 5.41 Å². The lowest BCUT2D eigenvalue weighted by atomic mass is 9.66. The Morgan fingerprint density at radius 2 is 1.44 bits per heavy atom. The number of para-hydroxylation sites is 2. The summed E-state index contributed by atoms with van der Waals surface area (Å²) in [6, 6.07) is 48.0. The predicted molar refractivity (Wildman–Crippen MR) is 236 cm³/mol. The van der Waals surface area contributed by atoms with Crippen LogP contribution in [0.3, 0.4) is 0 Å². The van der Waals surface area contributed by atoms with E-state index in [0.717, 1.165) is 81.4 Å². The first-order valence-electron chi connectivity index (χ1n) is 20.1. The highest BCUT2D eigenvalue weighted by molar-refractivity contribution is 6.12. The molecule has 0 saturated carbocycles. The summed E-state index contributed by atoms with van der Waals surface area (Å²) < 4.78 is 7.24. The lowest BCUT2D eigenvalue weighted by molar-refractivity contribution is 0.665. The molecular formula is C53H41N3O. The molecule has 2 bridgehead atoms. The van der Waals surface area contributed by atoms with Gasteiger partial charge < -0.3 is 15.5 Å². The zero-order valence-corrected chi connectivity index (χ0v) is 31.6. The summed E-state index contributed by atoms with van der Waals surface area (Å²) in [6.45, 7) is 0. The van der Waals surface area contributed by atoms with Crippen LogP contribution in [0, 0.1) is 0 Å². The summed E-state index contributed by atoms with van der Waals surface area (Å²) in [4.78, 5) is 5.18. The molecule has 2 heterocycles. The topological polar surface area (TPSA) is 63.5 Å². The number of rotatable bonds is 5. The highest BCUT2D eigenvalue weighted by Gasteiger charge is 2.48. The molecule has 1 atom stereocenters. The van der Waals surface area contributed by atoms with Gasteiger partial charge in [-0.05, 0) is 112 Å². The van der Waals surface area contributed by atoms with Gasteiger partial charge in [0.15, 0.2) is 0 Å². The highest BCUT2D eigenvalue weighted by Crippen LogP contribution is 2.59. The van der Waals surface area contributed by atoms with Gasteiger partial charge in [-0.15, -0.1) is 0 Å². The van der Waals surface area contributed by atoms with Crippen LogP contribution in [0.4, 0.5) is 5.69 Å². The second kappa shape index (κ2) is 13.5. The van der Waals surface area contributed by atoms with E-state index in [1.807, 2.05) is 24.4 Å². The first-order chi connectivity index (χ1) is 28.2. The predicted octanol–water partition coefficient (Wildman–Crippen LogP) is 12.8. The van der Waals surface area contributed by atoms with Crippen molar-refractivity contribution in [1.29, 1.82) is 0 Å². The Kier molecular flexibility index (Phi) is 7.94. The number of nitrogens with two attached hydrogens (primary N) is 1. The average Bonchev–Trinajstić information content (AvgIpc) is 3.81. The van der Waals surface area contributed by atoms with Gasteiger partial charge in [0.05, 0.1) is 17.2 Å². The molecular weight excluding hydrogens is 695 g/mol. The van der Waals surface area contributed by atoms with Gasteiger partial charge in [-0.25, -0.2) is 0 Å². The molecule has 11 rings (SSSR count). The largest absolute Gasteiger partial charge is 0.455 e. The Bertz CT molecular complexity index is 2910. The number of allylic oxidation sites excluding steroid dienone is 7. The van der Waals surface area contributed by atoms with Crippen molar-refractivity contribution in [2.24, 2.45) is 10.7 Å². The quantitative estimate of drug-likeness (QED) is 0.173. The molecule has 0 saturated heterocycles. The molecule has 3 N–H and O–H groups in total. The molecule has 1 unspecified atom stereocenters. The third-order valence-corrected chi connectivity index (χ3v) is 12.3. The van der Waals surface area contributed by atoms with E-state index >= 15 is 0 Å². The molecule has 0 fully saturated rings. The Balaban J connectivity index is 1.22. The van der Waals surface area contributed by atoms with Crippen LogP contribution in [-0.4, -0.2) is 6.21 Å². The van der Waals surface area contributed by atoms with Crippen molar-refractivity contribution in [3.05, 3.63) is 220 Å². The average molecular weight is 736 g/mol. The van der Waals surface area contributed by atoms with Gasteiger partial charge in [-0.3, -0.25) is 4.99 Å². The van der Waals surface area contributed by atoms with E-state index in [1.165, 1.54) is 44.5 Å². The van der Waals surface area contributed by atoms with Crippen LogP contribution in [0.25, 0.3) is 44.3 Å². The minimum Gasteiger partial charge on any atom is -0.455 e. The summed E-state index contributed by atoms with van der Waals surface area (Å²) in [5.74, 6) is 0. The van der Waals surface area contributed by atoms with E-state index in [4.69, 9.17) is 15.1 Å². The molecule has 3 aliphatic carbocycles. The second-order valence-electron chi connectivity index (χ2n) is 15.5. The third kappa shape index (κ3) is 5.28. The molecule has 1 spiro atoms. The van der Waals surface area contributed by atoms with Gasteiger partial charge in [0, 0.05) is 39.5 Å². The molecule has 4 nitrogen and oxygen atoms in total. The van der Waals surface area contributed by atoms with Gasteiger partial charge >= 0.3 is 0 Å². The van der Waals surface area contributed by atoms with Crippen LogP contribution in [-0.2, 0) is 5.41 Å². The van der Waals surface area contributed by atoms with Crippen LogP contribution < -0.4 is 11.1 Å². The molecule has 4 heteroatoms. The van der Waals surface area contributed by atoms with Crippen LogP contribution >= 0.6 is 0 Å². The molecule has 0 radical (unpaired) electrons. The molecule has 1 aliphatic heterocycles. The van der Waals surface area contributed by atoms with E-state index in [0.29, 0.717) is 0 Å². The fourth-order valence-electron chi connectivity index (χ4n) is 9.68. The van der Waals surface area contributed by atoms with Crippen molar-refractivity contribution in [2.75, 3.05) is 5.32 Å². The molecule has 4 aliphatic rings. The number of fused-ring (bicyclic) bond motifs is 15. The number of hydrogen-bond donors (Lipinski definition) is 2. The second-order valence-corrected chi connectivity index (χ2v) is 15.5. The standard InChI is InChI=1S/C53H41N3O/c54-47(35-18-5-2-6-19-35)32-50(55-33-34-16-3-1-4-17-34)41-24-15-23-40-43-31-36-30-42(52(43)57-51(40)41)39-22-9-13-28-48(39)56-49-29-14-12-27-46(49)53(36)44-25-10-7-20-37(44)38-21-8-11-26-45(38)53/h1-3,5-8,10-16,18-21,23-33,47,56H,4,9,17,22,54H2/b50-32-,55-33+. The Labute approximate surface area is 332 Å². The minimum absolute atomic E-state index is 0.353. The summed E-state index contributed by atoms with van der Waals surface area (Å²) >= 11 is 0. The molecule has 7 aromatic rings. The van der Waals surface area contributed by atoms with Crippen molar-refractivity contribution in [3.63, 3.8) is 0 Å². The number of nitrogens with one attached hydrogen (secondary N) is 1. The van der Waals surface area contributed by atoms with E-state index in [2.05, 4.69) is 157 Å². The van der Waals surface area contributed by atoms with Gasteiger partial charge in [-0.2, -0.15) is 0 Å². The maximum Gasteiger partial charge on any atom is 0.144 e. The molecule has 1 aromatic heterocycles. The number of furan rings is 1. The van der Waals surface area contributed by atoms with Crippen molar-refractivity contribution >= 4 is 45.1 Å². The van der Waals surface area contributed by atoms with Crippen molar-refractivity contribution in [1.82, 2.24) is 0 Å². The maximum atomic E-state index is 7.24. The number of aliphatic imine (C=N–C) groups is 1. The lowest BCUT2D eigenvalue weighted by Crippen LogP contribution is -2.29. The van der Waals surface area contributed by atoms with Crippen LogP contribution in [0.5, 0.6) is 0 Å². The monoisotopic (exact) mass is 735 g/mol. The SMILES string of the molecule is NC(/C=C(\N=C\C1=CC=CCC1)c1cccc2c1oc1c3cc(cc12)C1(c2ccccc2NC2=C3CCC=C2)c2ccccc2-c2ccccc21)c1ccccc1. The van der Waals surface area contributed by atoms with Crippen molar-refractivity contribution < 1.29 is 4.42 Å². The van der Waals surface area contributed by atoms with E-state index in [-0.39, 0.29) is 6.04 Å². The van der Waals surface area contributed by atoms with Gasteiger partial charge in [-0.1, -0.05) is 133 Å². The number of benzene rings is 6. The Morgan fingerprint density at radius 1 is 0.702 bits per heavy atom. The summed E-state index contributed by atoms with van der Waals surface area (Å²) in [7, 11) is 0. The highest BCUT2D eigenvalue weighted by atomic mass is 16.3. The van der Waals surface area contributed by atoms with Gasteiger partial charge in [0.1, 0.15) is 11.2 Å². The van der Waals surface area contributed by atoms with Crippen molar-refractivity contribution in [3.8, 4) is 11.1 Å². The summed E-state index contributed by atoms with van der Waals surface area (Å²) in [5.41, 5.74) is 24.1. The Morgan fingerprint density at radius 3 is 2.23 bits per heavy atom. The zero-order chi connectivity index (χ0) is 37.9. The maximum absolute atomic E-state index is 7.24. The molecule has 57 heavy (non-hydrogen) atoms. The number of anilines is 1. The molecule has 6 aromatic carbocycles. The van der Waals surface area contributed by atoms with Crippen LogP contribution in [0.1, 0.15) is 70.7 Å². The minimum atomic E-state index is -0.584. The van der Waals surface area contributed by atoms with E-state index in [1.54, 1.807) is 0 Å². The number of nitrogens with zero attached hydrogens (tertiary/aromatic N) is 1. The zero-order valence-electron chi connectivity index (χ0n) is 31.6. The van der Waals surface area contributed by atoms with Gasteiger partial charge in [0.2, 0.25) is 0 Å². The van der Waals surface area contributed by atoms with Gasteiger partial charge in [0.25, 0.3) is 0 Å². The lowest BCUT2D eigenvalue weighted by Gasteiger charge is -2.35. The molecule has 0 amide bonds. The number of hydrogen-bond acceptors (Lipinski definition) is 4. The third-order valence-electron chi connectivity index (χ3n) is 12.3. The van der Waals surface area contributed by atoms with Crippen molar-refractivity contribution in [2.45, 2.75) is 37.1 Å². The molecule has 274 valence electrons. The fraction of sp³-hybridized carbons (Fsp3) is 0.113. The smallest absolute Gasteiger partial charge is 0.144 e. The normalized spacial score (nSPS) is 17.1. The first kappa shape index (κ1) is 33.6. The summed E-state index contributed by atoms with van der Waals surface area (Å²) in [5, 5.41) is 6.13.